The summed E-state index contributed by atoms with van der Waals surface area (Å²) in [6.07, 6.45) is -0.813. The Morgan fingerprint density at radius 2 is 2.08 bits per heavy atom. The third kappa shape index (κ3) is 3.49. The van der Waals surface area contributed by atoms with Crippen molar-refractivity contribution in [1.29, 1.82) is 0 Å². The lowest BCUT2D eigenvalue weighted by Crippen LogP contribution is -2.59. The van der Waals surface area contributed by atoms with Gasteiger partial charge in [0, 0.05) is 18.7 Å². The summed E-state index contributed by atoms with van der Waals surface area (Å²) in [6, 6.07) is 9.09. The van der Waals surface area contributed by atoms with E-state index < -0.39 is 26.9 Å². The Bertz CT molecular complexity index is 852. The lowest BCUT2D eigenvalue weighted by atomic mass is 10.2. The second kappa shape index (κ2) is 6.74. The van der Waals surface area contributed by atoms with E-state index in [9.17, 15) is 13.2 Å². The number of carbonyl (C=O) groups is 1. The molecular weight excluding hydrogens is 332 g/mol. The first-order chi connectivity index (χ1) is 11.2. The van der Waals surface area contributed by atoms with Gasteiger partial charge in [0.15, 0.2) is 14.7 Å². The Kier molecular flexibility index (Phi) is 5.10. The Balaban J connectivity index is 2.40. The molecule has 0 bridgehead atoms. The van der Waals surface area contributed by atoms with E-state index >= 15 is 0 Å². The summed E-state index contributed by atoms with van der Waals surface area (Å²) in [6.45, 7) is 2.81. The van der Waals surface area contributed by atoms with Crippen LogP contribution in [-0.2, 0) is 20.3 Å². The van der Waals surface area contributed by atoms with Gasteiger partial charge in [-0.05, 0) is 31.5 Å². The molecular formula is C16H20N2O5S. The fraction of sp³-hybridized carbons (Fsp3) is 0.375. The van der Waals surface area contributed by atoms with Crippen LogP contribution >= 0.6 is 0 Å². The number of hydrogen-bond donors (Lipinski definition) is 2. The number of benzene rings is 1. The predicted octanol–water partition coefficient (Wildman–Crippen LogP) is 2.17. The van der Waals surface area contributed by atoms with Gasteiger partial charge in [-0.1, -0.05) is 18.2 Å². The second-order valence-electron chi connectivity index (χ2n) is 5.71. The summed E-state index contributed by atoms with van der Waals surface area (Å²) in [5, 5.41) is 11.9. The van der Waals surface area contributed by atoms with Crippen LogP contribution in [0.25, 0.3) is 10.9 Å². The van der Waals surface area contributed by atoms with E-state index in [1.165, 1.54) is 27.2 Å². The number of para-hydroxylation sites is 1. The smallest absolute Gasteiger partial charge is 0.405 e. The van der Waals surface area contributed by atoms with Crippen LogP contribution in [0, 0.1) is 0 Å². The molecule has 24 heavy (non-hydrogen) atoms. The highest BCUT2D eigenvalue weighted by molar-refractivity contribution is 7.92. The summed E-state index contributed by atoms with van der Waals surface area (Å²) in [7, 11) is -2.57. The minimum Gasteiger partial charge on any atom is -0.465 e. The fourth-order valence-electron chi connectivity index (χ4n) is 2.43. The van der Waals surface area contributed by atoms with Crippen LogP contribution in [0.2, 0.25) is 0 Å². The molecule has 0 spiro atoms. The second-order valence-corrected chi connectivity index (χ2v) is 8.08. The van der Waals surface area contributed by atoms with Gasteiger partial charge in [0.2, 0.25) is 0 Å². The molecule has 0 unspecified atom stereocenters. The zero-order chi connectivity index (χ0) is 18.0. The first-order valence-corrected chi connectivity index (χ1v) is 8.94. The van der Waals surface area contributed by atoms with Crippen molar-refractivity contribution in [2.24, 2.45) is 0 Å². The van der Waals surface area contributed by atoms with Gasteiger partial charge in [0.1, 0.15) is 0 Å². The van der Waals surface area contributed by atoms with Crippen LogP contribution in [-0.4, -0.2) is 42.7 Å². The number of pyridine rings is 1. The van der Waals surface area contributed by atoms with Gasteiger partial charge in [-0.15, -0.1) is 0 Å². The van der Waals surface area contributed by atoms with Crippen molar-refractivity contribution in [3.8, 4) is 0 Å². The molecule has 0 saturated heterocycles. The normalized spacial score (nSPS) is 15.6. The first kappa shape index (κ1) is 18.2. The topological polar surface area (TPSA) is 106 Å². The lowest BCUT2D eigenvalue weighted by molar-refractivity contribution is 0.0710. The number of amides is 1. The maximum Gasteiger partial charge on any atom is 0.405 e. The van der Waals surface area contributed by atoms with Crippen molar-refractivity contribution in [1.82, 2.24) is 10.3 Å². The van der Waals surface area contributed by atoms with Crippen LogP contribution in [0.5, 0.6) is 0 Å². The highest BCUT2D eigenvalue weighted by Crippen LogP contribution is 2.25. The van der Waals surface area contributed by atoms with E-state index in [4.69, 9.17) is 9.84 Å². The van der Waals surface area contributed by atoms with Crippen LogP contribution in [0.4, 0.5) is 4.79 Å². The number of methoxy groups -OCH3 is 1. The molecule has 2 aromatic rings. The average Bonchev–Trinajstić information content (AvgIpc) is 2.52. The number of carboxylic acid groups (broad SMARTS) is 1. The molecule has 1 amide bonds. The molecule has 2 atom stereocenters. The molecule has 0 fully saturated rings. The van der Waals surface area contributed by atoms with Crippen molar-refractivity contribution < 1.29 is 23.1 Å². The monoisotopic (exact) mass is 352 g/mol. The Morgan fingerprint density at radius 1 is 1.42 bits per heavy atom. The Morgan fingerprint density at radius 3 is 2.71 bits per heavy atom. The zero-order valence-electron chi connectivity index (χ0n) is 13.7. The molecule has 0 aliphatic rings. The lowest BCUT2D eigenvalue weighted by Gasteiger charge is -2.34. The van der Waals surface area contributed by atoms with Crippen molar-refractivity contribution in [2.45, 2.75) is 30.6 Å². The van der Waals surface area contributed by atoms with Gasteiger partial charge in [-0.3, -0.25) is 10.3 Å². The van der Waals surface area contributed by atoms with Crippen LogP contribution < -0.4 is 5.32 Å². The van der Waals surface area contributed by atoms with Crippen molar-refractivity contribution >= 4 is 26.8 Å². The quantitative estimate of drug-likeness (QED) is 0.825. The molecule has 1 aromatic carbocycles. The molecule has 8 heteroatoms. The highest BCUT2D eigenvalue weighted by Gasteiger charge is 2.46. The molecule has 0 radical (unpaired) electrons. The minimum absolute atomic E-state index is 0.352. The van der Waals surface area contributed by atoms with E-state index in [-0.39, 0.29) is 5.75 Å². The van der Waals surface area contributed by atoms with Crippen molar-refractivity contribution in [3.05, 3.63) is 42.1 Å². The molecule has 2 N–H and O–H groups in total. The maximum atomic E-state index is 12.9. The SMILES string of the molecule is CO[C@@H](C)[C@](C)(NC(=O)O)S(=O)(=O)Cc1cnc2ccccc2c1. The van der Waals surface area contributed by atoms with Crippen molar-refractivity contribution in [2.75, 3.05) is 7.11 Å². The Hall–Kier alpha value is -2.19. The zero-order valence-corrected chi connectivity index (χ0v) is 14.5. The van der Waals surface area contributed by atoms with Crippen LogP contribution in [0.15, 0.2) is 36.5 Å². The third-order valence-electron chi connectivity index (χ3n) is 4.13. The summed E-state index contributed by atoms with van der Waals surface area (Å²) in [4.78, 5) is 13.5. The van der Waals surface area contributed by atoms with Gasteiger partial charge in [-0.2, -0.15) is 0 Å². The van der Waals surface area contributed by atoms with Crippen LogP contribution in [0.3, 0.4) is 0 Å². The minimum atomic E-state index is -3.91. The van der Waals surface area contributed by atoms with Gasteiger partial charge < -0.3 is 9.84 Å². The number of rotatable bonds is 6. The first-order valence-electron chi connectivity index (χ1n) is 7.29. The van der Waals surface area contributed by atoms with E-state index in [0.717, 1.165) is 10.9 Å². The van der Waals surface area contributed by atoms with Gasteiger partial charge in [0.05, 0.1) is 17.4 Å². The fourth-order valence-corrected chi connectivity index (χ4v) is 4.18. The summed E-state index contributed by atoms with van der Waals surface area (Å²) in [5.74, 6) is -0.352. The molecule has 1 heterocycles. The van der Waals surface area contributed by atoms with Crippen molar-refractivity contribution in [3.63, 3.8) is 0 Å². The van der Waals surface area contributed by atoms with E-state index in [1.807, 2.05) is 24.3 Å². The molecule has 2 rings (SSSR count). The Labute approximate surface area is 140 Å². The average molecular weight is 352 g/mol. The summed E-state index contributed by atoms with van der Waals surface area (Å²) >= 11 is 0. The number of fused-ring (bicyclic) bond motifs is 1. The number of sulfone groups is 1. The molecule has 0 saturated carbocycles. The highest BCUT2D eigenvalue weighted by atomic mass is 32.2. The van der Waals surface area contributed by atoms with Gasteiger partial charge in [0.25, 0.3) is 0 Å². The number of aromatic nitrogens is 1. The maximum absolute atomic E-state index is 12.9. The number of hydrogen-bond acceptors (Lipinski definition) is 5. The number of nitrogens with zero attached hydrogens (tertiary/aromatic N) is 1. The molecule has 0 aliphatic carbocycles. The van der Waals surface area contributed by atoms with Gasteiger partial charge >= 0.3 is 6.09 Å². The summed E-state index contributed by atoms with van der Waals surface area (Å²) in [5.41, 5.74) is 1.24. The molecule has 1 aromatic heterocycles. The van der Waals surface area contributed by atoms with Crippen LogP contribution in [0.1, 0.15) is 19.4 Å². The van der Waals surface area contributed by atoms with E-state index in [1.54, 1.807) is 6.07 Å². The molecule has 130 valence electrons. The molecule has 0 aliphatic heterocycles. The number of nitrogens with one attached hydrogen (secondary N) is 1. The largest absolute Gasteiger partial charge is 0.465 e. The number of ether oxygens (including phenoxy) is 1. The van der Waals surface area contributed by atoms with E-state index in [0.29, 0.717) is 5.56 Å². The van der Waals surface area contributed by atoms with Gasteiger partial charge in [-0.25, -0.2) is 13.2 Å². The third-order valence-corrected chi connectivity index (χ3v) is 6.57. The van der Waals surface area contributed by atoms with E-state index in [2.05, 4.69) is 10.3 Å². The predicted molar refractivity (Wildman–Crippen MR) is 90.4 cm³/mol. The summed E-state index contributed by atoms with van der Waals surface area (Å²) < 4.78 is 30.8. The molecule has 7 nitrogen and oxygen atoms in total. The standard InChI is InChI=1S/C16H20N2O5S/c1-11(23-3)16(2,18-15(19)20)24(21,22)10-12-8-13-6-4-5-7-14(13)17-9-12/h4-9,11,18H,10H2,1-3H3,(H,19,20)/t11-,16+/m0/s1.